The van der Waals surface area contributed by atoms with Gasteiger partial charge in [0.15, 0.2) is 0 Å². The topological polar surface area (TPSA) is 72.3 Å². The summed E-state index contributed by atoms with van der Waals surface area (Å²) < 4.78 is 4.37. The van der Waals surface area contributed by atoms with Gasteiger partial charge in [-0.15, -0.1) is 11.8 Å². The van der Waals surface area contributed by atoms with Crippen LogP contribution in [0.4, 0.5) is 0 Å². The number of pyridine rings is 2. The van der Waals surface area contributed by atoms with E-state index in [1.807, 2.05) is 44.2 Å². The van der Waals surface area contributed by atoms with E-state index in [-0.39, 0.29) is 0 Å². The molecule has 0 aliphatic heterocycles. The lowest BCUT2D eigenvalue weighted by Gasteiger charge is -2.26. The first-order valence-corrected chi connectivity index (χ1v) is 9.66. The molecule has 6 heteroatoms. The fourth-order valence-corrected chi connectivity index (χ4v) is 4.24. The minimum Gasteiger partial charge on any atom is -0.481 e. The van der Waals surface area contributed by atoms with E-state index in [0.717, 1.165) is 26.9 Å². The number of methoxy groups -OCH3 is 1. The molecule has 0 spiro atoms. The van der Waals surface area contributed by atoms with Crippen molar-refractivity contribution >= 4 is 28.6 Å². The molecule has 0 radical (unpaired) electrons. The molecule has 0 unspecified atom stereocenters. The van der Waals surface area contributed by atoms with Crippen molar-refractivity contribution in [3.8, 4) is 17.0 Å². The summed E-state index contributed by atoms with van der Waals surface area (Å²) in [5.41, 5.74) is 2.84. The summed E-state index contributed by atoms with van der Waals surface area (Å²) in [6.45, 7) is 3.84. The fraction of sp³-hybridized carbons (Fsp3) is 0.286. The van der Waals surface area contributed by atoms with Crippen molar-refractivity contribution in [2.75, 3.05) is 7.11 Å². The fourth-order valence-electron chi connectivity index (χ4n) is 3.04. The number of thioether (sulfide) groups is 1. The van der Waals surface area contributed by atoms with Crippen molar-refractivity contribution in [3.05, 3.63) is 48.8 Å². The van der Waals surface area contributed by atoms with Crippen molar-refractivity contribution in [1.82, 2.24) is 9.97 Å². The average Bonchev–Trinajstić information content (AvgIpc) is 2.71. The molecule has 0 aliphatic carbocycles. The van der Waals surface area contributed by atoms with Crippen LogP contribution in [0.15, 0.2) is 53.7 Å². The molecule has 27 heavy (non-hydrogen) atoms. The van der Waals surface area contributed by atoms with E-state index >= 15 is 0 Å². The Hall–Kier alpha value is -2.60. The summed E-state index contributed by atoms with van der Waals surface area (Å²) in [5.74, 6) is -0.229. The molecule has 5 nitrogen and oxygen atoms in total. The van der Waals surface area contributed by atoms with Crippen LogP contribution < -0.4 is 4.74 Å². The predicted molar refractivity (Wildman–Crippen MR) is 108 cm³/mol. The highest BCUT2D eigenvalue weighted by Gasteiger charge is 2.36. The molecule has 2 aromatic heterocycles. The molecular formula is C21H22N2O3S. The largest absolute Gasteiger partial charge is 0.481 e. The van der Waals surface area contributed by atoms with Gasteiger partial charge in [-0.2, -0.15) is 0 Å². The normalized spacial score (nSPS) is 11.5. The van der Waals surface area contributed by atoms with Crippen LogP contribution in [-0.4, -0.2) is 32.9 Å². The van der Waals surface area contributed by atoms with Gasteiger partial charge in [0.25, 0.3) is 0 Å². The van der Waals surface area contributed by atoms with Crippen LogP contribution in [0, 0.1) is 0 Å². The third-order valence-corrected chi connectivity index (χ3v) is 6.53. The zero-order valence-electron chi connectivity index (χ0n) is 15.6. The lowest BCUT2D eigenvalue weighted by molar-refractivity contribution is -0.140. The second-order valence-corrected chi connectivity index (χ2v) is 7.66. The monoisotopic (exact) mass is 382 g/mol. The number of carbonyl (C=O) groups is 1. The number of rotatable bonds is 7. The molecule has 2 heterocycles. The van der Waals surface area contributed by atoms with E-state index in [9.17, 15) is 9.90 Å². The number of carboxylic acid groups (broad SMARTS) is 1. The number of fused-ring (bicyclic) bond motifs is 1. The van der Waals surface area contributed by atoms with Gasteiger partial charge in [0.2, 0.25) is 5.88 Å². The molecule has 140 valence electrons. The lowest BCUT2D eigenvalue weighted by atomic mass is 10.0. The molecule has 0 aliphatic rings. The zero-order chi connectivity index (χ0) is 19.4. The third kappa shape index (κ3) is 3.76. The number of hydrogen-bond acceptors (Lipinski definition) is 5. The number of aromatic nitrogens is 2. The van der Waals surface area contributed by atoms with Crippen LogP contribution in [0.1, 0.15) is 26.7 Å². The Labute approximate surface area is 162 Å². The lowest BCUT2D eigenvalue weighted by Crippen LogP contribution is -2.33. The number of carboxylic acids is 1. The van der Waals surface area contributed by atoms with E-state index in [1.54, 1.807) is 19.5 Å². The first kappa shape index (κ1) is 19.2. The van der Waals surface area contributed by atoms with Crippen LogP contribution in [0.5, 0.6) is 5.88 Å². The maximum absolute atomic E-state index is 11.9. The maximum atomic E-state index is 11.9. The van der Waals surface area contributed by atoms with Crippen LogP contribution in [-0.2, 0) is 4.79 Å². The Bertz CT molecular complexity index is 971. The van der Waals surface area contributed by atoms with Crippen LogP contribution in [0.3, 0.4) is 0 Å². The average molecular weight is 382 g/mol. The van der Waals surface area contributed by atoms with Crippen molar-refractivity contribution in [1.29, 1.82) is 0 Å². The van der Waals surface area contributed by atoms with Gasteiger partial charge in [0.1, 0.15) is 4.75 Å². The van der Waals surface area contributed by atoms with Crippen molar-refractivity contribution in [2.45, 2.75) is 36.3 Å². The molecule has 0 saturated heterocycles. The van der Waals surface area contributed by atoms with Crippen LogP contribution >= 0.6 is 11.8 Å². The molecule has 0 amide bonds. The SMILES string of the molecule is CCC(CC)(Sc1ccnc2ccc(-c3ccnc(OC)c3)cc12)C(=O)O. The van der Waals surface area contributed by atoms with Gasteiger partial charge < -0.3 is 9.84 Å². The first-order valence-electron chi connectivity index (χ1n) is 8.84. The quantitative estimate of drug-likeness (QED) is 0.577. The molecule has 0 atom stereocenters. The zero-order valence-corrected chi connectivity index (χ0v) is 16.4. The third-order valence-electron chi connectivity index (χ3n) is 4.82. The minimum absolute atomic E-state index is 0.550. The van der Waals surface area contributed by atoms with Crippen LogP contribution in [0.2, 0.25) is 0 Å². The van der Waals surface area contributed by atoms with E-state index in [0.29, 0.717) is 18.7 Å². The van der Waals surface area contributed by atoms with Gasteiger partial charge in [0.05, 0.1) is 12.6 Å². The summed E-state index contributed by atoms with van der Waals surface area (Å²) >= 11 is 1.41. The molecule has 0 saturated carbocycles. The molecule has 3 aromatic rings. The number of benzene rings is 1. The van der Waals surface area contributed by atoms with Gasteiger partial charge in [-0.05, 0) is 48.2 Å². The molecule has 1 N–H and O–H groups in total. The van der Waals surface area contributed by atoms with E-state index in [2.05, 4.69) is 16.0 Å². The molecule has 0 fully saturated rings. The van der Waals surface area contributed by atoms with Gasteiger partial charge >= 0.3 is 5.97 Å². The highest BCUT2D eigenvalue weighted by molar-refractivity contribution is 8.01. The molecule has 0 bridgehead atoms. The van der Waals surface area contributed by atoms with E-state index < -0.39 is 10.7 Å². The van der Waals surface area contributed by atoms with Crippen molar-refractivity contribution < 1.29 is 14.6 Å². The first-order chi connectivity index (χ1) is 13.0. The van der Waals surface area contributed by atoms with Gasteiger partial charge in [-0.3, -0.25) is 9.78 Å². The number of ether oxygens (including phenoxy) is 1. The minimum atomic E-state index is -0.843. The molecule has 1 aromatic carbocycles. The second kappa shape index (κ2) is 7.96. The Morgan fingerprint density at radius 1 is 1.07 bits per heavy atom. The number of aliphatic carboxylic acids is 1. The van der Waals surface area contributed by atoms with Gasteiger partial charge in [-0.1, -0.05) is 19.9 Å². The summed E-state index contributed by atoms with van der Waals surface area (Å²) in [6, 6.07) is 11.7. The van der Waals surface area contributed by atoms with E-state index in [1.165, 1.54) is 11.8 Å². The predicted octanol–water partition coefficient (Wildman–Crippen LogP) is 5.04. The Balaban J connectivity index is 2.10. The molecular weight excluding hydrogens is 360 g/mol. The highest BCUT2D eigenvalue weighted by atomic mass is 32.2. The molecule has 3 rings (SSSR count). The highest BCUT2D eigenvalue weighted by Crippen LogP contribution is 2.42. The van der Waals surface area contributed by atoms with Gasteiger partial charge in [0, 0.05) is 28.7 Å². The summed E-state index contributed by atoms with van der Waals surface area (Å²) in [7, 11) is 1.59. The Morgan fingerprint density at radius 3 is 2.44 bits per heavy atom. The van der Waals surface area contributed by atoms with E-state index in [4.69, 9.17) is 4.74 Å². The maximum Gasteiger partial charge on any atom is 0.320 e. The Morgan fingerprint density at radius 2 is 1.78 bits per heavy atom. The summed E-state index contributed by atoms with van der Waals surface area (Å²) in [5, 5.41) is 10.7. The second-order valence-electron chi connectivity index (χ2n) is 6.24. The van der Waals surface area contributed by atoms with Crippen molar-refractivity contribution in [3.63, 3.8) is 0 Å². The number of hydrogen-bond donors (Lipinski definition) is 1. The smallest absolute Gasteiger partial charge is 0.320 e. The summed E-state index contributed by atoms with van der Waals surface area (Å²) in [4.78, 5) is 21.4. The van der Waals surface area contributed by atoms with Crippen molar-refractivity contribution in [2.24, 2.45) is 0 Å². The van der Waals surface area contributed by atoms with Gasteiger partial charge in [-0.25, -0.2) is 4.98 Å². The summed E-state index contributed by atoms with van der Waals surface area (Å²) in [6.07, 6.45) is 4.54. The standard InChI is InChI=1S/C21H22N2O3S/c1-4-21(5-2,20(24)25)27-18-9-11-22-17-7-6-14(12-16(17)18)15-8-10-23-19(13-15)26-3/h6-13H,4-5H2,1-3H3,(H,24,25). The van der Waals surface area contributed by atoms with Crippen LogP contribution in [0.25, 0.3) is 22.0 Å². The number of nitrogens with zero attached hydrogens (tertiary/aromatic N) is 2. The Kier molecular flexibility index (Phi) is 5.65.